The van der Waals surface area contributed by atoms with E-state index in [1.54, 1.807) is 12.1 Å². The first-order valence-corrected chi connectivity index (χ1v) is 5.16. The molecular weight excluding hydrogens is 206 g/mol. The number of ketones is 1. The van der Waals surface area contributed by atoms with E-state index in [-0.39, 0.29) is 23.5 Å². The van der Waals surface area contributed by atoms with E-state index in [0.29, 0.717) is 24.0 Å². The maximum absolute atomic E-state index is 11.4. The number of hydrogen-bond donors (Lipinski definition) is 1. The van der Waals surface area contributed by atoms with Crippen LogP contribution >= 0.6 is 0 Å². The lowest BCUT2D eigenvalue weighted by molar-refractivity contribution is -0.124. The Kier molecular flexibility index (Phi) is 1.74. The van der Waals surface area contributed by atoms with Gasteiger partial charge in [-0.05, 0) is 23.6 Å². The first-order chi connectivity index (χ1) is 7.65. The third kappa shape index (κ3) is 1.19. The molecule has 1 saturated carbocycles. The van der Waals surface area contributed by atoms with E-state index >= 15 is 0 Å². The lowest BCUT2D eigenvalue weighted by Crippen LogP contribution is -2.21. The summed E-state index contributed by atoms with van der Waals surface area (Å²) in [4.78, 5) is 33.6. The highest BCUT2D eigenvalue weighted by molar-refractivity contribution is 6.21. The second-order valence-electron chi connectivity index (χ2n) is 4.23. The molecule has 4 nitrogen and oxygen atoms in total. The summed E-state index contributed by atoms with van der Waals surface area (Å²) >= 11 is 0. The highest BCUT2D eigenvalue weighted by Crippen LogP contribution is 2.34. The number of nitrogens with one attached hydrogen (secondary N) is 1. The van der Waals surface area contributed by atoms with E-state index in [2.05, 4.69) is 5.32 Å². The highest BCUT2D eigenvalue weighted by atomic mass is 16.2. The zero-order valence-electron chi connectivity index (χ0n) is 8.45. The van der Waals surface area contributed by atoms with Crippen molar-refractivity contribution in [2.24, 2.45) is 0 Å². The molecule has 1 heterocycles. The van der Waals surface area contributed by atoms with E-state index in [9.17, 15) is 14.4 Å². The van der Waals surface area contributed by atoms with E-state index in [1.807, 2.05) is 6.07 Å². The predicted octanol–water partition coefficient (Wildman–Crippen LogP) is 1.02. The monoisotopic (exact) mass is 215 g/mol. The fraction of sp³-hybridized carbons (Fsp3) is 0.250. The van der Waals surface area contributed by atoms with Crippen LogP contribution in [-0.2, 0) is 4.79 Å². The van der Waals surface area contributed by atoms with E-state index in [1.165, 1.54) is 0 Å². The topological polar surface area (TPSA) is 63.2 Å². The minimum atomic E-state index is -0.340. The van der Waals surface area contributed by atoms with Crippen molar-refractivity contribution in [1.82, 2.24) is 5.32 Å². The van der Waals surface area contributed by atoms with Gasteiger partial charge in [0.05, 0.1) is 11.1 Å². The molecule has 1 fully saturated rings. The van der Waals surface area contributed by atoms with Gasteiger partial charge in [-0.25, -0.2) is 0 Å². The van der Waals surface area contributed by atoms with Crippen LogP contribution in [0.5, 0.6) is 0 Å². The van der Waals surface area contributed by atoms with Crippen LogP contribution in [0.4, 0.5) is 0 Å². The predicted molar refractivity (Wildman–Crippen MR) is 55.2 cm³/mol. The summed E-state index contributed by atoms with van der Waals surface area (Å²) in [5.41, 5.74) is 1.84. The summed E-state index contributed by atoms with van der Waals surface area (Å²) < 4.78 is 0. The molecule has 0 spiro atoms. The van der Waals surface area contributed by atoms with Crippen molar-refractivity contribution in [2.45, 2.75) is 18.8 Å². The van der Waals surface area contributed by atoms with Crippen LogP contribution in [0.25, 0.3) is 0 Å². The van der Waals surface area contributed by atoms with Crippen molar-refractivity contribution in [2.75, 3.05) is 0 Å². The Morgan fingerprint density at radius 3 is 2.38 bits per heavy atom. The molecule has 0 bridgehead atoms. The Hall–Kier alpha value is -1.97. The molecular formula is C12H9NO3. The Morgan fingerprint density at radius 2 is 1.69 bits per heavy atom. The van der Waals surface area contributed by atoms with E-state index < -0.39 is 0 Å². The number of imide groups is 1. The molecule has 4 heteroatoms. The van der Waals surface area contributed by atoms with Crippen molar-refractivity contribution in [3.05, 3.63) is 34.9 Å². The van der Waals surface area contributed by atoms with Gasteiger partial charge in [-0.3, -0.25) is 19.7 Å². The summed E-state index contributed by atoms with van der Waals surface area (Å²) in [5.74, 6) is -0.198. The summed E-state index contributed by atoms with van der Waals surface area (Å²) in [6.07, 6.45) is 1.10. The van der Waals surface area contributed by atoms with Gasteiger partial charge in [-0.2, -0.15) is 0 Å². The Balaban J connectivity index is 2.00. The zero-order valence-corrected chi connectivity index (χ0v) is 8.45. The third-order valence-corrected chi connectivity index (χ3v) is 3.18. The van der Waals surface area contributed by atoms with Crippen LogP contribution in [0.2, 0.25) is 0 Å². The number of Topliss-reactive ketones (excluding diaryl/α,β-unsaturated/α-hetero) is 1. The molecule has 0 aromatic heterocycles. The smallest absolute Gasteiger partial charge is 0.258 e. The molecule has 1 aromatic carbocycles. The van der Waals surface area contributed by atoms with Gasteiger partial charge in [-0.15, -0.1) is 0 Å². The van der Waals surface area contributed by atoms with E-state index in [4.69, 9.17) is 0 Å². The van der Waals surface area contributed by atoms with Crippen molar-refractivity contribution >= 4 is 17.6 Å². The van der Waals surface area contributed by atoms with Gasteiger partial charge in [0.2, 0.25) is 0 Å². The Morgan fingerprint density at radius 1 is 1.00 bits per heavy atom. The average Bonchev–Trinajstić information content (AvgIpc) is 2.50. The Labute approximate surface area is 91.6 Å². The molecule has 0 atom stereocenters. The number of hydrogen-bond acceptors (Lipinski definition) is 3. The second kappa shape index (κ2) is 3.01. The van der Waals surface area contributed by atoms with Crippen molar-refractivity contribution in [3.63, 3.8) is 0 Å². The van der Waals surface area contributed by atoms with Crippen LogP contribution < -0.4 is 5.32 Å². The molecule has 16 heavy (non-hydrogen) atoms. The van der Waals surface area contributed by atoms with Gasteiger partial charge in [0, 0.05) is 12.8 Å². The van der Waals surface area contributed by atoms with Crippen LogP contribution in [0.1, 0.15) is 45.0 Å². The first-order valence-electron chi connectivity index (χ1n) is 5.16. The summed E-state index contributed by atoms with van der Waals surface area (Å²) in [5, 5.41) is 2.25. The fourth-order valence-electron chi connectivity index (χ4n) is 2.17. The summed E-state index contributed by atoms with van der Waals surface area (Å²) in [7, 11) is 0. The van der Waals surface area contributed by atoms with Crippen molar-refractivity contribution in [3.8, 4) is 0 Å². The number of rotatable bonds is 1. The van der Waals surface area contributed by atoms with Crippen LogP contribution in [-0.4, -0.2) is 17.6 Å². The molecule has 0 unspecified atom stereocenters. The van der Waals surface area contributed by atoms with Gasteiger partial charge in [0.25, 0.3) is 11.8 Å². The van der Waals surface area contributed by atoms with Crippen LogP contribution in [0, 0.1) is 0 Å². The number of amides is 2. The van der Waals surface area contributed by atoms with Gasteiger partial charge in [0.1, 0.15) is 5.78 Å². The normalized spacial score (nSPS) is 19.4. The summed E-state index contributed by atoms with van der Waals surface area (Å²) in [6, 6.07) is 5.22. The minimum Gasteiger partial charge on any atom is -0.300 e. The second-order valence-corrected chi connectivity index (χ2v) is 4.23. The van der Waals surface area contributed by atoms with Crippen LogP contribution in [0.3, 0.4) is 0 Å². The first kappa shape index (κ1) is 9.27. The number of carbonyl (C=O) groups excluding carboxylic acids is 3. The number of fused-ring (bicyclic) bond motifs is 1. The molecule has 0 saturated heterocycles. The highest BCUT2D eigenvalue weighted by Gasteiger charge is 2.31. The molecule has 3 rings (SSSR count). The molecule has 1 aliphatic carbocycles. The van der Waals surface area contributed by atoms with E-state index in [0.717, 1.165) is 5.56 Å². The lowest BCUT2D eigenvalue weighted by Gasteiger charge is -2.24. The van der Waals surface area contributed by atoms with Crippen molar-refractivity contribution < 1.29 is 14.4 Å². The maximum Gasteiger partial charge on any atom is 0.258 e. The maximum atomic E-state index is 11.4. The molecule has 1 aliphatic heterocycles. The molecule has 0 radical (unpaired) electrons. The molecule has 1 aromatic rings. The Bertz CT molecular complexity index is 525. The number of benzene rings is 1. The summed E-state index contributed by atoms with van der Waals surface area (Å²) in [6.45, 7) is 0. The fourth-order valence-corrected chi connectivity index (χ4v) is 2.17. The molecule has 1 N–H and O–H groups in total. The average molecular weight is 215 g/mol. The SMILES string of the molecule is O=C1CC(c2ccc3c(c2)C(=O)NC3=O)C1. The van der Waals surface area contributed by atoms with Gasteiger partial charge in [-0.1, -0.05) is 6.07 Å². The quantitative estimate of drug-likeness (QED) is 0.711. The third-order valence-electron chi connectivity index (χ3n) is 3.18. The van der Waals surface area contributed by atoms with Crippen molar-refractivity contribution in [1.29, 1.82) is 0 Å². The zero-order chi connectivity index (χ0) is 11.3. The minimum absolute atomic E-state index is 0.223. The largest absolute Gasteiger partial charge is 0.300 e. The number of carbonyl (C=O) groups is 3. The van der Waals surface area contributed by atoms with Gasteiger partial charge in [0.15, 0.2) is 0 Å². The standard InChI is InChI=1S/C12H9NO3/c14-8-3-7(4-8)6-1-2-9-10(5-6)12(16)13-11(9)15/h1-2,5,7H,3-4H2,(H,13,15,16). The molecule has 2 amide bonds. The van der Waals surface area contributed by atoms with Gasteiger partial charge >= 0.3 is 0 Å². The molecule has 80 valence electrons. The molecule has 2 aliphatic rings. The lowest BCUT2D eigenvalue weighted by atomic mass is 9.78. The van der Waals surface area contributed by atoms with Gasteiger partial charge < -0.3 is 0 Å². The van der Waals surface area contributed by atoms with Crippen LogP contribution in [0.15, 0.2) is 18.2 Å².